The molecule has 4 heteroatoms. The summed E-state index contributed by atoms with van der Waals surface area (Å²) in [7, 11) is 2.90. The maximum atomic E-state index is 12.4. The van der Waals surface area contributed by atoms with E-state index in [0.717, 1.165) is 31.2 Å². The van der Waals surface area contributed by atoms with E-state index in [9.17, 15) is 9.59 Å². The smallest absolute Gasteiger partial charge is 0.316 e. The van der Waals surface area contributed by atoms with E-state index in [4.69, 9.17) is 9.47 Å². The van der Waals surface area contributed by atoms with Gasteiger partial charge in [0.05, 0.1) is 14.2 Å². The molecule has 0 bridgehead atoms. The first-order chi connectivity index (χ1) is 10.6. The zero-order chi connectivity index (χ0) is 16.4. The minimum absolute atomic E-state index is 0.0474. The zero-order valence-electron chi connectivity index (χ0n) is 13.8. The number of rotatable bonds is 10. The van der Waals surface area contributed by atoms with E-state index in [1.54, 1.807) is 7.11 Å². The van der Waals surface area contributed by atoms with Crippen LogP contribution < -0.4 is 4.74 Å². The molecule has 4 nitrogen and oxygen atoms in total. The third-order valence-corrected chi connectivity index (χ3v) is 3.77. The van der Waals surface area contributed by atoms with Crippen molar-refractivity contribution in [2.24, 2.45) is 5.92 Å². The highest BCUT2D eigenvalue weighted by atomic mass is 16.5. The van der Waals surface area contributed by atoms with Crippen molar-refractivity contribution >= 4 is 11.8 Å². The normalized spacial score (nSPS) is 11.8. The molecule has 22 heavy (non-hydrogen) atoms. The molecular weight excluding hydrogens is 280 g/mol. The number of ether oxygens (including phenoxy) is 2. The van der Waals surface area contributed by atoms with Gasteiger partial charge in [-0.2, -0.15) is 0 Å². The Morgan fingerprint density at radius 2 is 1.82 bits per heavy atom. The zero-order valence-corrected chi connectivity index (χ0v) is 13.8. The molecule has 0 radical (unpaired) electrons. The van der Waals surface area contributed by atoms with Crippen molar-refractivity contribution in [2.45, 2.75) is 45.4 Å². The van der Waals surface area contributed by atoms with Gasteiger partial charge in [-0.25, -0.2) is 0 Å². The number of carbonyl (C=O) groups excluding carboxylic acids is 2. The number of hydrogen-bond acceptors (Lipinski definition) is 4. The first kappa shape index (κ1) is 18.2. The summed E-state index contributed by atoms with van der Waals surface area (Å²) in [4.78, 5) is 24.3. The Labute approximate surface area is 132 Å². The summed E-state index contributed by atoms with van der Waals surface area (Å²) >= 11 is 0. The second-order valence-corrected chi connectivity index (χ2v) is 5.37. The maximum absolute atomic E-state index is 12.4. The second kappa shape index (κ2) is 9.98. The van der Waals surface area contributed by atoms with E-state index in [1.165, 1.54) is 7.11 Å². The molecule has 122 valence electrons. The van der Waals surface area contributed by atoms with Crippen LogP contribution in [0.25, 0.3) is 0 Å². The maximum Gasteiger partial charge on any atom is 0.316 e. The number of unbranched alkanes of at least 4 members (excludes halogenated alkanes) is 3. The first-order valence-electron chi connectivity index (χ1n) is 7.86. The molecule has 0 N–H and O–H groups in total. The van der Waals surface area contributed by atoms with E-state index >= 15 is 0 Å². The monoisotopic (exact) mass is 306 g/mol. The average molecular weight is 306 g/mol. The minimum atomic E-state index is -0.747. The molecule has 1 rings (SSSR count). The molecule has 0 aliphatic heterocycles. The van der Waals surface area contributed by atoms with Gasteiger partial charge in [-0.05, 0) is 24.5 Å². The van der Waals surface area contributed by atoms with Crippen LogP contribution >= 0.6 is 0 Å². The first-order valence-corrected chi connectivity index (χ1v) is 7.86. The van der Waals surface area contributed by atoms with Crippen LogP contribution in [0.15, 0.2) is 24.3 Å². The Morgan fingerprint density at radius 1 is 1.09 bits per heavy atom. The van der Waals surface area contributed by atoms with E-state index in [0.29, 0.717) is 18.6 Å². The van der Waals surface area contributed by atoms with Gasteiger partial charge < -0.3 is 9.47 Å². The summed E-state index contributed by atoms with van der Waals surface area (Å²) in [5.74, 6) is -0.571. The van der Waals surface area contributed by atoms with E-state index in [-0.39, 0.29) is 5.78 Å². The third-order valence-electron chi connectivity index (χ3n) is 3.77. The molecule has 0 heterocycles. The molecular formula is C18H26O4. The number of ketones is 1. The lowest BCUT2D eigenvalue weighted by Crippen LogP contribution is -2.27. The number of esters is 1. The molecule has 1 atom stereocenters. The summed E-state index contributed by atoms with van der Waals surface area (Å²) < 4.78 is 10.1. The molecule has 0 aliphatic carbocycles. The van der Waals surface area contributed by atoms with Crippen LogP contribution in [-0.2, 0) is 20.7 Å². The van der Waals surface area contributed by atoms with E-state index in [2.05, 4.69) is 6.92 Å². The second-order valence-electron chi connectivity index (χ2n) is 5.37. The Hall–Kier alpha value is -1.84. The van der Waals surface area contributed by atoms with Gasteiger partial charge in [-0.15, -0.1) is 0 Å². The molecule has 0 fully saturated rings. The largest absolute Gasteiger partial charge is 0.496 e. The SMILES string of the molecule is CCCCCCC(=O)C(Cc1ccccc1OC)C(=O)OC. The van der Waals surface area contributed by atoms with Crippen LogP contribution in [0.4, 0.5) is 0 Å². The number of para-hydroxylation sites is 1. The fourth-order valence-corrected chi connectivity index (χ4v) is 2.46. The summed E-state index contributed by atoms with van der Waals surface area (Å²) in [5, 5.41) is 0. The van der Waals surface area contributed by atoms with Crippen LogP contribution in [0.5, 0.6) is 5.75 Å². The van der Waals surface area contributed by atoms with Crippen molar-refractivity contribution in [1.29, 1.82) is 0 Å². The quantitative estimate of drug-likeness (QED) is 0.377. The molecule has 1 aromatic rings. The van der Waals surface area contributed by atoms with Crippen molar-refractivity contribution in [1.82, 2.24) is 0 Å². The molecule has 1 unspecified atom stereocenters. The Bertz CT molecular complexity index is 482. The highest BCUT2D eigenvalue weighted by Gasteiger charge is 2.28. The number of benzene rings is 1. The number of hydrogen-bond donors (Lipinski definition) is 0. The van der Waals surface area contributed by atoms with Gasteiger partial charge in [0, 0.05) is 6.42 Å². The number of methoxy groups -OCH3 is 2. The van der Waals surface area contributed by atoms with Gasteiger partial charge in [-0.1, -0.05) is 44.4 Å². The van der Waals surface area contributed by atoms with Crippen LogP contribution in [-0.4, -0.2) is 26.0 Å². The summed E-state index contributed by atoms with van der Waals surface area (Å²) in [6, 6.07) is 7.44. The van der Waals surface area contributed by atoms with Crippen LogP contribution in [0.3, 0.4) is 0 Å². The fraction of sp³-hybridized carbons (Fsp3) is 0.556. The molecule has 0 spiro atoms. The van der Waals surface area contributed by atoms with Crippen LogP contribution in [0.1, 0.15) is 44.6 Å². The molecule has 0 saturated heterocycles. The average Bonchev–Trinajstić information content (AvgIpc) is 2.56. The topological polar surface area (TPSA) is 52.6 Å². The molecule has 0 amide bonds. The van der Waals surface area contributed by atoms with Gasteiger partial charge >= 0.3 is 5.97 Å². The molecule has 0 aliphatic rings. The van der Waals surface area contributed by atoms with Gasteiger partial charge in [-0.3, -0.25) is 9.59 Å². The van der Waals surface area contributed by atoms with Gasteiger partial charge in [0.25, 0.3) is 0 Å². The lowest BCUT2D eigenvalue weighted by Gasteiger charge is -2.15. The Kier molecular flexibility index (Phi) is 8.26. The molecule has 0 saturated carbocycles. The van der Waals surface area contributed by atoms with Gasteiger partial charge in [0.1, 0.15) is 17.5 Å². The van der Waals surface area contributed by atoms with Gasteiger partial charge in [0.2, 0.25) is 0 Å². The van der Waals surface area contributed by atoms with Crippen molar-refractivity contribution in [3.05, 3.63) is 29.8 Å². The Morgan fingerprint density at radius 3 is 2.45 bits per heavy atom. The Balaban J connectivity index is 2.76. The molecule has 1 aromatic carbocycles. The lowest BCUT2D eigenvalue weighted by molar-refractivity contribution is -0.149. The van der Waals surface area contributed by atoms with E-state index in [1.807, 2.05) is 24.3 Å². The molecule has 0 aromatic heterocycles. The van der Waals surface area contributed by atoms with Crippen LogP contribution in [0, 0.1) is 5.92 Å². The standard InChI is InChI=1S/C18H26O4/c1-4-5-6-7-11-16(19)15(18(20)22-3)13-14-10-8-9-12-17(14)21-2/h8-10,12,15H,4-7,11,13H2,1-3H3. The summed E-state index contributed by atoms with van der Waals surface area (Å²) in [6.07, 6.45) is 4.83. The van der Waals surface area contributed by atoms with Crippen molar-refractivity contribution < 1.29 is 19.1 Å². The highest BCUT2D eigenvalue weighted by Crippen LogP contribution is 2.23. The third kappa shape index (κ3) is 5.51. The van der Waals surface area contributed by atoms with Crippen molar-refractivity contribution in [2.75, 3.05) is 14.2 Å². The lowest BCUT2D eigenvalue weighted by atomic mass is 9.92. The highest BCUT2D eigenvalue weighted by molar-refractivity contribution is 5.99. The van der Waals surface area contributed by atoms with Crippen LogP contribution in [0.2, 0.25) is 0 Å². The minimum Gasteiger partial charge on any atom is -0.496 e. The summed E-state index contributed by atoms with van der Waals surface area (Å²) in [6.45, 7) is 2.13. The van der Waals surface area contributed by atoms with E-state index < -0.39 is 11.9 Å². The van der Waals surface area contributed by atoms with Crippen molar-refractivity contribution in [3.63, 3.8) is 0 Å². The number of Topliss-reactive ketones (excluding diaryl/α,β-unsaturated/α-hetero) is 1. The van der Waals surface area contributed by atoms with Crippen molar-refractivity contribution in [3.8, 4) is 5.75 Å². The van der Waals surface area contributed by atoms with Gasteiger partial charge in [0.15, 0.2) is 0 Å². The fourth-order valence-electron chi connectivity index (χ4n) is 2.46. The predicted molar refractivity (Wildman–Crippen MR) is 86.0 cm³/mol. The predicted octanol–water partition coefficient (Wildman–Crippen LogP) is 3.57. The summed E-state index contributed by atoms with van der Waals surface area (Å²) in [5.41, 5.74) is 0.849. The number of carbonyl (C=O) groups is 2.